The molecule has 0 saturated carbocycles. The summed E-state index contributed by atoms with van der Waals surface area (Å²) < 4.78 is 160. The fourth-order valence-electron chi connectivity index (χ4n) is 9.26. The van der Waals surface area contributed by atoms with Crippen molar-refractivity contribution >= 4 is 29.9 Å². The van der Waals surface area contributed by atoms with Gasteiger partial charge in [-0.3, -0.25) is 19.9 Å². The first-order valence-electron chi connectivity index (χ1n) is 24.7. The molecule has 4 amide bonds. The number of alkyl halides is 8. The van der Waals surface area contributed by atoms with Crippen LogP contribution in [0.5, 0.6) is 0 Å². The molecule has 19 nitrogen and oxygen atoms in total. The van der Waals surface area contributed by atoms with Crippen molar-refractivity contribution in [3.63, 3.8) is 0 Å². The Balaban J connectivity index is 1.18. The minimum atomic E-state index is -5.23. The molecule has 2 aromatic heterocycles. The lowest BCUT2D eigenvalue weighted by Gasteiger charge is -2.60. The number of hydrogen-bond acceptors (Lipinski definition) is 14. The molecule has 5 N–H and O–H groups in total. The number of fused-ring (bicyclic) bond motifs is 2. The van der Waals surface area contributed by atoms with Gasteiger partial charge < -0.3 is 40.2 Å². The van der Waals surface area contributed by atoms with Gasteiger partial charge in [0, 0.05) is 73.5 Å². The minimum Gasteiger partial charge on any atom is -0.453 e. The number of rotatable bonds is 19. The Hall–Kier alpha value is -7.29. The number of piperidine rings is 1. The number of hydrazine groups is 1. The van der Waals surface area contributed by atoms with Gasteiger partial charge in [-0.05, 0) is 76.4 Å². The molecular formula is C51H57F10N11O8. The maximum atomic E-state index is 16.0. The van der Waals surface area contributed by atoms with Gasteiger partial charge in [0.2, 0.25) is 11.9 Å². The second-order valence-corrected chi connectivity index (χ2v) is 20.5. The van der Waals surface area contributed by atoms with E-state index >= 15 is 8.78 Å². The van der Waals surface area contributed by atoms with Crippen molar-refractivity contribution in [1.82, 2.24) is 51.0 Å². The van der Waals surface area contributed by atoms with E-state index in [1.54, 1.807) is 17.7 Å². The van der Waals surface area contributed by atoms with Crippen molar-refractivity contribution in [2.45, 2.75) is 108 Å². The SMILES string of the molecule is COC(=O)N[C@H](C(=O)N[C@@H](Cc1ccc(C#Cc2cnc(N3CC4CC(C3)N4C3COC3)nc2)cc1)[C@@H](O)CN(Cc1c(F)cc(-c2ccn(C(F)F)n2)cc1F)NC(=O)[C@@H](NC(=O)OC)C(C)(C)C(F)(F)F)C(C)(C)C(F)(F)F. The normalized spacial score (nSPS) is 18.4. The monoisotopic (exact) mass is 1140 g/mol. The van der Waals surface area contributed by atoms with E-state index in [0.717, 1.165) is 59.2 Å². The zero-order chi connectivity index (χ0) is 58.6. The van der Waals surface area contributed by atoms with Crippen LogP contribution >= 0.6 is 0 Å². The van der Waals surface area contributed by atoms with Crippen molar-refractivity contribution in [3.05, 3.63) is 94.9 Å². The van der Waals surface area contributed by atoms with Crippen LogP contribution in [-0.4, -0.2) is 161 Å². The summed E-state index contributed by atoms with van der Waals surface area (Å²) in [5, 5.41) is 22.0. The fourth-order valence-corrected chi connectivity index (χ4v) is 9.26. The number of nitrogens with zero attached hydrogens (tertiary/aromatic N) is 7. The Bertz CT molecular complexity index is 2900. The van der Waals surface area contributed by atoms with E-state index in [1.807, 2.05) is 10.7 Å². The van der Waals surface area contributed by atoms with Crippen molar-refractivity contribution in [2.75, 3.05) is 52.0 Å². The summed E-state index contributed by atoms with van der Waals surface area (Å²) in [6.07, 6.45) is -11.0. The molecule has 4 aliphatic heterocycles. The van der Waals surface area contributed by atoms with E-state index < -0.39 is 115 Å². The quantitative estimate of drug-likeness (QED) is 0.0438. The fraction of sp³-hybridized carbons (Fsp3) is 0.510. The second kappa shape index (κ2) is 24.2. The topological polar surface area (TPSA) is 218 Å². The standard InChI is InChI=1S/C51H57F10N11O8/c1-48(2,50(56,57)58)40(65-46(76)78-5)42(74)64-38(15-28-10-7-27(8-11-28)9-12-29-19-62-45(63-20-29)69-21-31-18-32(22-69)72(31)33-25-80-26-33)39(73)24-70(68-43(75)41(66-47(77)79-6)49(3,4)51(59,60)61)23-34-35(52)16-30(17-36(34)53)37-13-14-71(67-37)44(54)55/h7-8,10-11,13-14,16-17,19-20,31-33,38-41,44,73H,15,18,21-26H2,1-6H3,(H,64,74)(H,65,76)(H,66,77)(H,68,75)/t31?,32?,38-,39-,40+,41+/m0/s1. The van der Waals surface area contributed by atoms with Gasteiger partial charge >= 0.3 is 31.1 Å². The van der Waals surface area contributed by atoms with Crippen LogP contribution in [0.2, 0.25) is 0 Å². The Labute approximate surface area is 451 Å². The molecule has 4 saturated heterocycles. The molecule has 4 fully saturated rings. The van der Waals surface area contributed by atoms with Gasteiger partial charge in [0.1, 0.15) is 23.7 Å². The minimum absolute atomic E-state index is 0.196. The van der Waals surface area contributed by atoms with Crippen molar-refractivity contribution < 1.29 is 82.4 Å². The van der Waals surface area contributed by atoms with Gasteiger partial charge in [0.15, 0.2) is 0 Å². The van der Waals surface area contributed by atoms with E-state index in [-0.39, 0.29) is 21.5 Å². The van der Waals surface area contributed by atoms with Gasteiger partial charge in [0.05, 0.1) is 67.7 Å². The molecule has 434 valence electrons. The summed E-state index contributed by atoms with van der Waals surface area (Å²) in [4.78, 5) is 66.5. The summed E-state index contributed by atoms with van der Waals surface area (Å²) in [7, 11) is 1.60. The number of ether oxygens (including phenoxy) is 3. The molecule has 29 heteroatoms. The third-order valence-corrected chi connectivity index (χ3v) is 14.4. The zero-order valence-electron chi connectivity index (χ0n) is 43.8. The first-order valence-corrected chi connectivity index (χ1v) is 24.7. The largest absolute Gasteiger partial charge is 0.453 e. The van der Waals surface area contributed by atoms with Crippen LogP contribution in [-0.2, 0) is 36.8 Å². The second-order valence-electron chi connectivity index (χ2n) is 20.5. The van der Waals surface area contributed by atoms with Gasteiger partial charge in [0.25, 0.3) is 5.91 Å². The molecule has 2 unspecified atom stereocenters. The number of alkyl carbamates (subject to hydrolysis) is 2. The van der Waals surface area contributed by atoms with Crippen molar-refractivity contribution in [3.8, 4) is 23.1 Å². The number of piperazine rings is 1. The van der Waals surface area contributed by atoms with Crippen LogP contribution in [0.25, 0.3) is 11.3 Å². The van der Waals surface area contributed by atoms with Crippen LogP contribution in [0.3, 0.4) is 0 Å². The van der Waals surface area contributed by atoms with Crippen molar-refractivity contribution in [1.29, 1.82) is 0 Å². The maximum Gasteiger partial charge on any atom is 0.407 e. The molecule has 0 radical (unpaired) electrons. The predicted octanol–water partition coefficient (Wildman–Crippen LogP) is 5.62. The van der Waals surface area contributed by atoms with Gasteiger partial charge in [-0.25, -0.2) is 38.0 Å². The average Bonchev–Trinajstić information content (AvgIpc) is 3.89. The van der Waals surface area contributed by atoms with Crippen LogP contribution in [0, 0.1) is 34.3 Å². The van der Waals surface area contributed by atoms with Crippen molar-refractivity contribution in [2.24, 2.45) is 10.8 Å². The number of carbonyl (C=O) groups excluding carboxylic acids is 4. The molecule has 0 aliphatic carbocycles. The Morgan fingerprint density at radius 3 is 1.81 bits per heavy atom. The van der Waals surface area contributed by atoms with Gasteiger partial charge in [-0.2, -0.15) is 40.2 Å². The van der Waals surface area contributed by atoms with E-state index in [1.165, 1.54) is 24.3 Å². The number of amides is 4. The molecular weight excluding hydrogens is 1080 g/mol. The van der Waals surface area contributed by atoms with Gasteiger partial charge in [-0.15, -0.1) is 0 Å². The molecule has 2 bridgehead atoms. The van der Waals surface area contributed by atoms with Crippen LogP contribution < -0.4 is 26.3 Å². The summed E-state index contributed by atoms with van der Waals surface area (Å²) in [5.74, 6) is 0.385. The summed E-state index contributed by atoms with van der Waals surface area (Å²) in [6.45, 7) is -0.145. The van der Waals surface area contributed by atoms with Crippen LogP contribution in [0.15, 0.2) is 61.1 Å². The number of halogens is 10. The third kappa shape index (κ3) is 13.6. The number of nitrogens with one attached hydrogen (secondary N) is 4. The van der Waals surface area contributed by atoms with Gasteiger partial charge in [-0.1, -0.05) is 24.0 Å². The zero-order valence-corrected chi connectivity index (χ0v) is 43.8. The molecule has 2 aromatic carbocycles. The van der Waals surface area contributed by atoms with E-state index in [2.05, 4.69) is 51.5 Å². The average molecular weight is 1140 g/mol. The first kappa shape index (κ1) is 60.4. The molecule has 4 aliphatic rings. The molecule has 6 atom stereocenters. The molecule has 8 rings (SSSR count). The maximum absolute atomic E-state index is 16.0. The highest BCUT2D eigenvalue weighted by atomic mass is 19.4. The highest BCUT2D eigenvalue weighted by molar-refractivity contribution is 5.87. The van der Waals surface area contributed by atoms with Crippen LogP contribution in [0.1, 0.15) is 62.9 Å². The molecule has 0 spiro atoms. The summed E-state index contributed by atoms with van der Waals surface area (Å²) in [6, 6.07) is 2.73. The number of hydrogen-bond donors (Lipinski definition) is 5. The smallest absolute Gasteiger partial charge is 0.407 e. The Kier molecular flexibility index (Phi) is 18.3. The van der Waals surface area contributed by atoms with Crippen LogP contribution in [0.4, 0.5) is 59.4 Å². The highest BCUT2D eigenvalue weighted by Crippen LogP contribution is 2.42. The number of anilines is 1. The number of aromatic nitrogens is 4. The van der Waals surface area contributed by atoms with E-state index in [0.29, 0.717) is 80.0 Å². The lowest BCUT2D eigenvalue weighted by atomic mass is 9.82. The lowest BCUT2D eigenvalue weighted by Crippen LogP contribution is -2.74. The summed E-state index contributed by atoms with van der Waals surface area (Å²) in [5.41, 5.74) is -4.59. The number of aliphatic hydroxyl groups is 1. The lowest BCUT2D eigenvalue weighted by molar-refractivity contribution is -0.221. The Morgan fingerprint density at radius 1 is 0.787 bits per heavy atom. The van der Waals surface area contributed by atoms with E-state index in [9.17, 15) is 59.4 Å². The molecule has 80 heavy (non-hydrogen) atoms. The third-order valence-electron chi connectivity index (χ3n) is 14.4. The number of methoxy groups -OCH3 is 2. The predicted molar refractivity (Wildman–Crippen MR) is 263 cm³/mol. The van der Waals surface area contributed by atoms with E-state index in [4.69, 9.17) is 4.74 Å². The Morgan fingerprint density at radius 2 is 1.32 bits per heavy atom. The first-order chi connectivity index (χ1) is 37.5. The number of aliphatic hydroxyl groups excluding tert-OH is 1. The molecule has 6 heterocycles. The number of benzene rings is 2. The molecule has 4 aromatic rings. The number of carbonyl (C=O) groups is 4. The highest BCUT2D eigenvalue weighted by Gasteiger charge is 2.57. The summed E-state index contributed by atoms with van der Waals surface area (Å²) >= 11 is 0.